The summed E-state index contributed by atoms with van der Waals surface area (Å²) in [6, 6.07) is 37.2. The van der Waals surface area contributed by atoms with Crippen molar-refractivity contribution in [1.82, 2.24) is 13.3 Å². The van der Waals surface area contributed by atoms with Gasteiger partial charge in [0.25, 0.3) is 29.1 Å². The molecular weight excluding hydrogens is 1050 g/mol. The number of piperazine rings is 2. The topological polar surface area (TPSA) is 228 Å². The molecule has 0 spiro atoms. The van der Waals surface area contributed by atoms with Gasteiger partial charge in [-0.2, -0.15) is 8.61 Å². The SMILES string of the molecule is CC(C)(O)c1ccc(N2CCN(S(=O)(=O)c3cccs3)C[C@@H]2CN)cc1.CC(C)(O)c1ccc(N2CCN(S(=O)(=O)c3cccs3)C[C@@H]2CNS(=O)(=O)c2ccccc2)cc1.O=S(=O)(Cl)c1ccccc1. The van der Waals surface area contributed by atoms with Crippen molar-refractivity contribution in [2.75, 3.05) is 62.2 Å². The maximum Gasteiger partial charge on any atom is 0.261 e. The molecule has 384 valence electrons. The number of aliphatic hydroxyl groups is 2. The molecule has 2 atom stereocenters. The minimum absolute atomic E-state index is 0.0287. The second-order valence-corrected chi connectivity index (χ2v) is 28.2. The van der Waals surface area contributed by atoms with Crippen molar-refractivity contribution in [3.05, 3.63) is 155 Å². The van der Waals surface area contributed by atoms with E-state index in [4.69, 9.17) is 16.4 Å². The molecule has 5 N–H and O–H groups in total. The molecule has 2 aliphatic rings. The third kappa shape index (κ3) is 14.5. The van der Waals surface area contributed by atoms with E-state index in [-0.39, 0.29) is 39.7 Å². The lowest BCUT2D eigenvalue weighted by Gasteiger charge is -2.42. The van der Waals surface area contributed by atoms with Crippen molar-refractivity contribution < 1.29 is 43.9 Å². The van der Waals surface area contributed by atoms with Crippen LogP contribution in [0.1, 0.15) is 38.8 Å². The van der Waals surface area contributed by atoms with E-state index in [2.05, 4.69) is 9.62 Å². The highest BCUT2D eigenvalue weighted by atomic mass is 35.7. The van der Waals surface area contributed by atoms with Crippen molar-refractivity contribution in [2.45, 2.75) is 69.2 Å². The number of benzene rings is 4. The minimum Gasteiger partial charge on any atom is -0.386 e. The number of anilines is 2. The molecule has 71 heavy (non-hydrogen) atoms. The van der Waals surface area contributed by atoms with E-state index in [0.717, 1.165) is 33.8 Å². The lowest BCUT2D eigenvalue weighted by molar-refractivity contribution is 0.0780. The van der Waals surface area contributed by atoms with E-state index >= 15 is 0 Å². The fraction of sp³-hybridized carbons (Fsp3) is 0.333. The lowest BCUT2D eigenvalue weighted by Crippen LogP contribution is -2.58. The molecule has 0 aliphatic carbocycles. The van der Waals surface area contributed by atoms with Gasteiger partial charge in [-0.15, -0.1) is 22.7 Å². The zero-order valence-electron chi connectivity index (χ0n) is 39.5. The molecule has 2 saturated heterocycles. The van der Waals surface area contributed by atoms with Crippen molar-refractivity contribution >= 4 is 83.9 Å². The van der Waals surface area contributed by atoms with Crippen LogP contribution in [0.25, 0.3) is 0 Å². The predicted molar refractivity (Wildman–Crippen MR) is 282 cm³/mol. The number of nitrogens with one attached hydrogen (secondary N) is 1. The summed E-state index contributed by atoms with van der Waals surface area (Å²) in [5.74, 6) is 0. The average molecular weight is 1110 g/mol. The first-order valence-corrected chi connectivity index (χ1v) is 30.8. The Kier molecular flexibility index (Phi) is 18.4. The number of rotatable bonds is 14. The van der Waals surface area contributed by atoms with Crippen LogP contribution >= 0.6 is 33.4 Å². The molecule has 6 aromatic rings. The highest BCUT2D eigenvalue weighted by molar-refractivity contribution is 8.13. The summed E-state index contributed by atoms with van der Waals surface area (Å²) in [7, 11) is -9.39. The van der Waals surface area contributed by atoms with Gasteiger partial charge in [0.05, 0.1) is 33.1 Å². The number of hydrogen-bond acceptors (Lipinski definition) is 15. The summed E-state index contributed by atoms with van der Waals surface area (Å²) in [4.78, 5) is 4.45. The maximum absolute atomic E-state index is 13.2. The van der Waals surface area contributed by atoms with E-state index in [1.165, 1.54) is 44.2 Å². The molecule has 0 radical (unpaired) electrons. The number of hydrogen-bond donors (Lipinski definition) is 4. The van der Waals surface area contributed by atoms with Crippen LogP contribution in [0.4, 0.5) is 11.4 Å². The third-order valence-corrected chi connectivity index (χ3v) is 21.0. The zero-order valence-corrected chi connectivity index (χ0v) is 45.2. The number of nitrogens with two attached hydrogens (primary N) is 1. The van der Waals surface area contributed by atoms with Crippen molar-refractivity contribution in [3.8, 4) is 0 Å². The molecule has 0 bridgehead atoms. The molecule has 0 amide bonds. The van der Waals surface area contributed by atoms with Crippen LogP contribution in [0.2, 0.25) is 0 Å². The van der Waals surface area contributed by atoms with E-state index in [0.29, 0.717) is 36.9 Å². The van der Waals surface area contributed by atoms with Gasteiger partial charge in [-0.1, -0.05) is 72.8 Å². The van der Waals surface area contributed by atoms with Gasteiger partial charge in [0.1, 0.15) is 8.42 Å². The Balaban J connectivity index is 0.000000200. The minimum atomic E-state index is -3.76. The van der Waals surface area contributed by atoms with Gasteiger partial charge in [-0.05, 0) is 110 Å². The number of halogens is 1. The van der Waals surface area contributed by atoms with Crippen molar-refractivity contribution in [1.29, 1.82) is 0 Å². The lowest BCUT2D eigenvalue weighted by atomic mass is 9.98. The van der Waals surface area contributed by atoms with Crippen molar-refractivity contribution in [3.63, 3.8) is 0 Å². The van der Waals surface area contributed by atoms with Gasteiger partial charge < -0.3 is 25.7 Å². The summed E-state index contributed by atoms with van der Waals surface area (Å²) in [6.07, 6.45) is 0. The van der Waals surface area contributed by atoms with Gasteiger partial charge in [0, 0.05) is 74.4 Å². The number of thiophene rings is 2. The molecule has 0 saturated carbocycles. The molecule has 0 unspecified atom stereocenters. The molecule has 23 heteroatoms. The van der Waals surface area contributed by atoms with Crippen LogP contribution < -0.4 is 20.3 Å². The highest BCUT2D eigenvalue weighted by Crippen LogP contribution is 2.31. The molecule has 4 heterocycles. The van der Waals surface area contributed by atoms with E-state index < -0.39 is 56.4 Å². The summed E-state index contributed by atoms with van der Waals surface area (Å²) in [5.41, 5.74) is 7.48. The Morgan fingerprint density at radius 3 is 1.31 bits per heavy atom. The average Bonchev–Trinajstić information content (AvgIpc) is 4.11. The molecule has 2 aliphatic heterocycles. The summed E-state index contributed by atoms with van der Waals surface area (Å²) >= 11 is 2.40. The van der Waals surface area contributed by atoms with Gasteiger partial charge in [-0.25, -0.2) is 38.4 Å². The van der Waals surface area contributed by atoms with Crippen molar-refractivity contribution in [2.24, 2.45) is 5.73 Å². The van der Waals surface area contributed by atoms with Crippen LogP contribution in [-0.2, 0) is 50.3 Å². The Hall–Kier alpha value is -4.27. The normalized spacial score (nSPS) is 17.7. The first-order chi connectivity index (χ1) is 33.3. The molecule has 2 fully saturated rings. The quantitative estimate of drug-likeness (QED) is 0.0885. The largest absolute Gasteiger partial charge is 0.386 e. The summed E-state index contributed by atoms with van der Waals surface area (Å²) in [5, 5.41) is 23.9. The van der Waals surface area contributed by atoms with Gasteiger partial charge >= 0.3 is 0 Å². The predicted octanol–water partition coefficient (Wildman–Crippen LogP) is 6.26. The highest BCUT2D eigenvalue weighted by Gasteiger charge is 2.37. The first-order valence-electron chi connectivity index (χ1n) is 22.3. The number of sulfonamides is 3. The van der Waals surface area contributed by atoms with Crippen LogP contribution in [0, 0.1) is 0 Å². The van der Waals surface area contributed by atoms with Gasteiger partial charge in [-0.3, -0.25) is 0 Å². The van der Waals surface area contributed by atoms with Crippen LogP contribution in [-0.4, -0.2) is 117 Å². The summed E-state index contributed by atoms with van der Waals surface area (Å²) < 4.78 is 105. The van der Waals surface area contributed by atoms with E-state index in [9.17, 15) is 43.9 Å². The Labute approximate surface area is 430 Å². The van der Waals surface area contributed by atoms with E-state index in [1.807, 2.05) is 53.4 Å². The first kappa shape index (κ1) is 56.0. The second-order valence-electron chi connectivity index (χ2n) is 17.6. The van der Waals surface area contributed by atoms with Crippen LogP contribution in [0.15, 0.2) is 162 Å². The molecule has 16 nitrogen and oxygen atoms in total. The zero-order chi connectivity index (χ0) is 51.8. The summed E-state index contributed by atoms with van der Waals surface area (Å²) in [6.45, 7) is 9.46. The smallest absolute Gasteiger partial charge is 0.261 e. The second kappa shape index (κ2) is 23.3. The monoisotopic (exact) mass is 1110 g/mol. The molecule has 4 aromatic carbocycles. The molecule has 2 aromatic heterocycles. The van der Waals surface area contributed by atoms with Gasteiger partial charge in [0.2, 0.25) is 10.0 Å². The van der Waals surface area contributed by atoms with Crippen LogP contribution in [0.3, 0.4) is 0 Å². The fourth-order valence-electron chi connectivity index (χ4n) is 7.81. The van der Waals surface area contributed by atoms with Gasteiger partial charge in [0.15, 0.2) is 0 Å². The molecular formula is C48H59ClN6O10S6. The fourth-order valence-corrected chi connectivity index (χ4v) is 14.9. The number of nitrogens with zero attached hydrogens (tertiary/aromatic N) is 4. The van der Waals surface area contributed by atoms with E-state index in [1.54, 1.807) is 99.1 Å². The Morgan fingerprint density at radius 2 is 0.958 bits per heavy atom. The molecule has 8 rings (SSSR count). The maximum atomic E-state index is 13.2. The Morgan fingerprint density at radius 1 is 0.563 bits per heavy atom. The third-order valence-electron chi connectivity index (χ3n) is 11.7. The Bertz CT molecular complexity index is 3090. The standard InChI is InChI=1S/C24H29N3O5S3.C18H25N3O3S2.C6H5ClO2S/c1-24(2,28)19-10-12-20(13-11-19)27-15-14-26(35(31,32)23-9-6-16-33-23)18-21(27)17-25-34(29,30)22-7-4-3-5-8-22;1-18(2,22)14-5-7-15(8-6-14)21-10-9-20(13-16(21)12-19)26(23,24)17-4-3-11-25-17;7-10(8,9)6-4-2-1-3-5-6/h3-13,16,21,25,28H,14-15,17-18H2,1-2H3;3-8,11,16,22H,9-10,12-13,19H2,1-2H3;1-5H/t21-;16-;/m00./s1. The van der Waals surface area contributed by atoms with Crippen LogP contribution in [0.5, 0.6) is 0 Å².